The fourth-order valence-electron chi connectivity index (χ4n) is 7.86. The van der Waals surface area contributed by atoms with Crippen LogP contribution in [0.1, 0.15) is 62.7 Å². The van der Waals surface area contributed by atoms with Gasteiger partial charge in [-0.3, -0.25) is 9.59 Å². The third-order valence-corrected chi connectivity index (χ3v) is 9.59. The number of benzene rings is 1. The van der Waals surface area contributed by atoms with E-state index in [2.05, 4.69) is 30.6 Å². The van der Waals surface area contributed by atoms with Crippen LogP contribution in [-0.4, -0.2) is 30.9 Å². The monoisotopic (exact) mass is 450 g/mol. The van der Waals surface area contributed by atoms with Crippen molar-refractivity contribution in [1.29, 1.82) is 0 Å². The lowest BCUT2D eigenvalue weighted by molar-refractivity contribution is -0.129. The standard InChI is InChI=1S/C27H34N2O4/c1-26-14-12-19-16(8-11-22-27(19,2)15-13-23(30)29-22)18(26)9-10-20(26)24(31)28-21-7-5-4-6-17(21)25(32)33-3/h4-7,13,15-16,18-20,22H,8-12,14H2,1-3H3,(H,28,31)(H,29,30)/t16-,18-,19+,20?,22?,26-,27+/m0/s1. The van der Waals surface area contributed by atoms with Crippen molar-refractivity contribution < 1.29 is 19.1 Å². The number of amides is 2. The Kier molecular flexibility index (Phi) is 5.37. The van der Waals surface area contributed by atoms with Gasteiger partial charge >= 0.3 is 5.97 Å². The van der Waals surface area contributed by atoms with Crippen LogP contribution in [0.2, 0.25) is 0 Å². The minimum atomic E-state index is -0.445. The summed E-state index contributed by atoms with van der Waals surface area (Å²) < 4.78 is 4.89. The molecule has 3 saturated carbocycles. The largest absolute Gasteiger partial charge is 0.465 e. The molecule has 3 fully saturated rings. The summed E-state index contributed by atoms with van der Waals surface area (Å²) in [7, 11) is 1.35. The van der Waals surface area contributed by atoms with Crippen LogP contribution >= 0.6 is 0 Å². The molecule has 6 nitrogen and oxygen atoms in total. The number of ether oxygens (including phenoxy) is 1. The molecule has 1 heterocycles. The number of carbonyl (C=O) groups is 3. The third-order valence-electron chi connectivity index (χ3n) is 9.59. The van der Waals surface area contributed by atoms with E-state index in [1.165, 1.54) is 7.11 Å². The zero-order valence-electron chi connectivity index (χ0n) is 19.7. The van der Waals surface area contributed by atoms with Gasteiger partial charge in [-0.05, 0) is 79.9 Å². The summed E-state index contributed by atoms with van der Waals surface area (Å²) in [5.41, 5.74) is 0.856. The van der Waals surface area contributed by atoms with Gasteiger partial charge in [0.05, 0.1) is 18.4 Å². The van der Waals surface area contributed by atoms with Crippen molar-refractivity contribution in [3.8, 4) is 0 Å². The number of methoxy groups -OCH3 is 1. The molecule has 1 aromatic rings. The minimum absolute atomic E-state index is 0.00203. The topological polar surface area (TPSA) is 84.5 Å². The third kappa shape index (κ3) is 3.41. The van der Waals surface area contributed by atoms with E-state index < -0.39 is 5.97 Å². The van der Waals surface area contributed by atoms with Crippen molar-refractivity contribution in [3.63, 3.8) is 0 Å². The molecule has 2 unspecified atom stereocenters. The maximum absolute atomic E-state index is 13.5. The van der Waals surface area contributed by atoms with Gasteiger partial charge in [-0.25, -0.2) is 4.79 Å². The van der Waals surface area contributed by atoms with Gasteiger partial charge in [0.1, 0.15) is 0 Å². The fourth-order valence-corrected chi connectivity index (χ4v) is 7.86. The van der Waals surface area contributed by atoms with E-state index >= 15 is 0 Å². The maximum Gasteiger partial charge on any atom is 0.339 e. The number of para-hydroxylation sites is 1. The molecule has 3 aliphatic carbocycles. The van der Waals surface area contributed by atoms with Crippen LogP contribution in [0.4, 0.5) is 5.69 Å². The Morgan fingerprint density at radius 2 is 1.85 bits per heavy atom. The van der Waals surface area contributed by atoms with Crippen LogP contribution in [0, 0.1) is 34.5 Å². The lowest BCUT2D eigenvalue weighted by Gasteiger charge is -2.58. The van der Waals surface area contributed by atoms with Gasteiger partial charge in [-0.1, -0.05) is 32.1 Å². The molecular formula is C27H34N2O4. The molecule has 6 heteroatoms. The molecule has 0 aromatic heterocycles. The molecule has 2 amide bonds. The first-order valence-corrected chi connectivity index (χ1v) is 12.3. The van der Waals surface area contributed by atoms with Gasteiger partial charge in [0.2, 0.25) is 11.8 Å². The number of rotatable bonds is 3. The highest BCUT2D eigenvalue weighted by molar-refractivity contribution is 6.02. The van der Waals surface area contributed by atoms with Crippen molar-refractivity contribution in [3.05, 3.63) is 42.0 Å². The first kappa shape index (κ1) is 22.2. The summed E-state index contributed by atoms with van der Waals surface area (Å²) in [5, 5.41) is 6.26. The first-order chi connectivity index (χ1) is 15.8. The summed E-state index contributed by atoms with van der Waals surface area (Å²) in [6, 6.07) is 7.26. The fraction of sp³-hybridized carbons (Fsp3) is 0.593. The molecule has 7 atom stereocenters. The number of carbonyl (C=O) groups excluding carboxylic acids is 3. The molecule has 0 radical (unpaired) electrons. The van der Waals surface area contributed by atoms with Gasteiger partial charge in [0.15, 0.2) is 0 Å². The molecular weight excluding hydrogens is 416 g/mol. The van der Waals surface area contributed by atoms with Crippen molar-refractivity contribution in [2.24, 2.45) is 34.5 Å². The Balaban J connectivity index is 1.37. The van der Waals surface area contributed by atoms with E-state index in [0.29, 0.717) is 29.0 Å². The van der Waals surface area contributed by atoms with Crippen LogP contribution in [0.15, 0.2) is 36.4 Å². The summed E-state index contributed by atoms with van der Waals surface area (Å²) in [5.74, 6) is 1.14. The van der Waals surface area contributed by atoms with Crippen LogP contribution < -0.4 is 10.6 Å². The van der Waals surface area contributed by atoms with Crippen molar-refractivity contribution >= 4 is 23.5 Å². The predicted molar refractivity (Wildman–Crippen MR) is 125 cm³/mol. The highest BCUT2D eigenvalue weighted by Crippen LogP contribution is 2.65. The lowest BCUT2D eigenvalue weighted by Crippen LogP contribution is -2.59. The number of hydrogen-bond acceptors (Lipinski definition) is 4. The maximum atomic E-state index is 13.5. The van der Waals surface area contributed by atoms with E-state index in [4.69, 9.17) is 4.74 Å². The SMILES string of the molecule is COC(=O)c1ccccc1NC(=O)C1CC[C@H]2[C@@H]3CCC4NC(=O)C=C[C@]4(C)[C@@H]3CC[C@]12C. The van der Waals surface area contributed by atoms with Crippen molar-refractivity contribution in [2.45, 2.75) is 58.4 Å². The second-order valence-corrected chi connectivity index (χ2v) is 10.9. The lowest BCUT2D eigenvalue weighted by atomic mass is 9.48. The normalized spacial score (nSPS) is 39.0. The van der Waals surface area contributed by atoms with Crippen LogP contribution in [0.25, 0.3) is 0 Å². The quantitative estimate of drug-likeness (QED) is 0.672. The van der Waals surface area contributed by atoms with Crippen LogP contribution in [0.3, 0.4) is 0 Å². The number of esters is 1. The van der Waals surface area contributed by atoms with E-state index in [1.807, 2.05) is 6.07 Å². The van der Waals surface area contributed by atoms with E-state index in [0.717, 1.165) is 38.5 Å². The van der Waals surface area contributed by atoms with Crippen molar-refractivity contribution in [1.82, 2.24) is 5.32 Å². The number of anilines is 1. The Labute approximate surface area is 195 Å². The summed E-state index contributed by atoms with van der Waals surface area (Å²) in [4.78, 5) is 37.6. The Bertz CT molecular complexity index is 1020. The molecule has 0 bridgehead atoms. The predicted octanol–water partition coefficient (Wildman–Crippen LogP) is 4.33. The summed E-state index contributed by atoms with van der Waals surface area (Å²) in [6.45, 7) is 4.63. The minimum Gasteiger partial charge on any atom is -0.465 e. The van der Waals surface area contributed by atoms with Crippen molar-refractivity contribution in [2.75, 3.05) is 12.4 Å². The second kappa shape index (κ2) is 8.00. The summed E-state index contributed by atoms with van der Waals surface area (Å²) >= 11 is 0. The molecule has 0 spiro atoms. The molecule has 5 rings (SSSR count). The highest BCUT2D eigenvalue weighted by Gasteiger charge is 2.60. The van der Waals surface area contributed by atoms with E-state index in [-0.39, 0.29) is 34.6 Å². The van der Waals surface area contributed by atoms with Gasteiger partial charge in [0, 0.05) is 17.4 Å². The molecule has 1 aliphatic heterocycles. The molecule has 176 valence electrons. The van der Waals surface area contributed by atoms with E-state index in [9.17, 15) is 14.4 Å². The number of hydrogen-bond donors (Lipinski definition) is 2. The zero-order valence-corrected chi connectivity index (χ0v) is 19.7. The Morgan fingerprint density at radius 1 is 1.06 bits per heavy atom. The van der Waals surface area contributed by atoms with E-state index in [1.54, 1.807) is 24.3 Å². The molecule has 4 aliphatic rings. The zero-order chi connectivity index (χ0) is 23.4. The van der Waals surface area contributed by atoms with Gasteiger partial charge in [0.25, 0.3) is 0 Å². The first-order valence-electron chi connectivity index (χ1n) is 12.3. The van der Waals surface area contributed by atoms with Gasteiger partial charge in [-0.2, -0.15) is 0 Å². The Morgan fingerprint density at radius 3 is 2.64 bits per heavy atom. The average Bonchev–Trinajstić information content (AvgIpc) is 3.16. The average molecular weight is 451 g/mol. The Hall–Kier alpha value is -2.63. The smallest absolute Gasteiger partial charge is 0.339 e. The number of nitrogens with one attached hydrogen (secondary N) is 2. The second-order valence-electron chi connectivity index (χ2n) is 10.9. The van der Waals surface area contributed by atoms with Gasteiger partial charge in [-0.15, -0.1) is 0 Å². The van der Waals surface area contributed by atoms with Gasteiger partial charge < -0.3 is 15.4 Å². The van der Waals surface area contributed by atoms with Crippen LogP contribution in [-0.2, 0) is 14.3 Å². The number of fused-ring (bicyclic) bond motifs is 5. The molecule has 0 saturated heterocycles. The summed E-state index contributed by atoms with van der Waals surface area (Å²) in [6.07, 6.45) is 10.0. The molecule has 33 heavy (non-hydrogen) atoms. The highest BCUT2D eigenvalue weighted by atomic mass is 16.5. The molecule has 2 N–H and O–H groups in total. The van der Waals surface area contributed by atoms with Crippen LogP contribution in [0.5, 0.6) is 0 Å². The molecule has 1 aromatic carbocycles.